The van der Waals surface area contributed by atoms with Crippen molar-refractivity contribution < 1.29 is 14.7 Å². The number of hydrogen-bond donors (Lipinski definition) is 2. The lowest BCUT2D eigenvalue weighted by Crippen LogP contribution is -2.46. The zero-order chi connectivity index (χ0) is 13.8. The second-order valence-corrected chi connectivity index (χ2v) is 4.96. The van der Waals surface area contributed by atoms with Crippen LogP contribution in [0.4, 0.5) is 0 Å². The molecular weight excluding hydrogens is 244 g/mol. The molecule has 0 aliphatic carbocycles. The number of rotatable bonds is 3. The Hall–Kier alpha value is -1.88. The first kappa shape index (κ1) is 13.5. The Morgan fingerprint density at radius 3 is 2.47 bits per heavy atom. The topological polar surface area (TPSA) is 69.6 Å². The number of piperidine rings is 1. The van der Waals surface area contributed by atoms with Gasteiger partial charge in [-0.1, -0.05) is 0 Å². The second-order valence-electron chi connectivity index (χ2n) is 4.96. The van der Waals surface area contributed by atoms with Crippen LogP contribution in [0.15, 0.2) is 24.3 Å². The third-order valence-corrected chi connectivity index (χ3v) is 3.35. The van der Waals surface area contributed by atoms with Crippen LogP contribution >= 0.6 is 0 Å². The van der Waals surface area contributed by atoms with Crippen LogP contribution < -0.4 is 5.32 Å². The fourth-order valence-corrected chi connectivity index (χ4v) is 2.32. The van der Waals surface area contributed by atoms with E-state index in [0.717, 1.165) is 25.9 Å². The van der Waals surface area contributed by atoms with Gasteiger partial charge in [-0.3, -0.25) is 4.79 Å². The van der Waals surface area contributed by atoms with Gasteiger partial charge in [0.05, 0.1) is 5.56 Å². The van der Waals surface area contributed by atoms with Crippen molar-refractivity contribution in [2.75, 3.05) is 20.1 Å². The van der Waals surface area contributed by atoms with Crippen molar-refractivity contribution in [3.8, 4) is 0 Å². The smallest absolute Gasteiger partial charge is 0.335 e. The summed E-state index contributed by atoms with van der Waals surface area (Å²) in [6.45, 7) is 1.93. The van der Waals surface area contributed by atoms with Crippen LogP contribution in [-0.2, 0) is 0 Å². The summed E-state index contributed by atoms with van der Waals surface area (Å²) >= 11 is 0. The maximum absolute atomic E-state index is 12.0. The zero-order valence-electron chi connectivity index (χ0n) is 10.9. The van der Waals surface area contributed by atoms with E-state index in [1.807, 2.05) is 7.05 Å². The van der Waals surface area contributed by atoms with E-state index in [0.29, 0.717) is 5.56 Å². The summed E-state index contributed by atoms with van der Waals surface area (Å²) in [6, 6.07) is 6.16. The monoisotopic (exact) mass is 262 g/mol. The molecule has 1 aliphatic rings. The Labute approximate surface area is 112 Å². The van der Waals surface area contributed by atoms with Gasteiger partial charge >= 0.3 is 5.97 Å². The van der Waals surface area contributed by atoms with Gasteiger partial charge in [-0.15, -0.1) is 0 Å². The van der Waals surface area contributed by atoms with E-state index in [1.165, 1.54) is 12.1 Å². The summed E-state index contributed by atoms with van der Waals surface area (Å²) in [5.74, 6) is -1.13. The van der Waals surface area contributed by atoms with Crippen LogP contribution in [-0.4, -0.2) is 48.1 Å². The fraction of sp³-hybridized carbons (Fsp3) is 0.429. The van der Waals surface area contributed by atoms with Gasteiger partial charge in [0.1, 0.15) is 0 Å². The lowest BCUT2D eigenvalue weighted by molar-refractivity contribution is 0.0696. The standard InChI is InChI=1S/C14H18N2O3/c1-16-8-2-3-12(9-16)15-13(17)10-4-6-11(7-5-10)14(18)19/h4-7,12H,2-3,8-9H2,1H3,(H,15,17)(H,18,19). The van der Waals surface area contributed by atoms with Crippen LogP contribution in [0.25, 0.3) is 0 Å². The van der Waals surface area contributed by atoms with E-state index in [2.05, 4.69) is 10.2 Å². The molecule has 102 valence electrons. The normalized spacial score (nSPS) is 19.9. The maximum Gasteiger partial charge on any atom is 0.335 e. The van der Waals surface area contributed by atoms with E-state index in [4.69, 9.17) is 5.11 Å². The summed E-state index contributed by atoms with van der Waals surface area (Å²) in [7, 11) is 2.04. The minimum absolute atomic E-state index is 0.141. The molecule has 1 amide bonds. The largest absolute Gasteiger partial charge is 0.478 e. The molecule has 1 fully saturated rings. The SMILES string of the molecule is CN1CCCC(NC(=O)c2ccc(C(=O)O)cc2)C1. The summed E-state index contributed by atoms with van der Waals surface area (Å²) < 4.78 is 0. The average molecular weight is 262 g/mol. The second kappa shape index (κ2) is 5.84. The highest BCUT2D eigenvalue weighted by Gasteiger charge is 2.19. The van der Waals surface area contributed by atoms with Gasteiger partial charge in [0.25, 0.3) is 5.91 Å². The van der Waals surface area contributed by atoms with Crippen LogP contribution in [0.5, 0.6) is 0 Å². The first-order chi connectivity index (χ1) is 9.06. The number of carbonyl (C=O) groups excluding carboxylic acids is 1. The Bertz CT molecular complexity index is 470. The number of carbonyl (C=O) groups is 2. The number of aromatic carboxylic acids is 1. The number of amides is 1. The van der Waals surface area contributed by atoms with Crippen LogP contribution in [0.2, 0.25) is 0 Å². The minimum Gasteiger partial charge on any atom is -0.478 e. The average Bonchev–Trinajstić information content (AvgIpc) is 2.39. The van der Waals surface area contributed by atoms with E-state index >= 15 is 0 Å². The zero-order valence-corrected chi connectivity index (χ0v) is 10.9. The molecule has 0 radical (unpaired) electrons. The first-order valence-electron chi connectivity index (χ1n) is 6.39. The molecule has 1 aromatic rings. The van der Waals surface area contributed by atoms with E-state index in [-0.39, 0.29) is 17.5 Å². The molecule has 2 rings (SSSR count). The van der Waals surface area contributed by atoms with Gasteiger partial charge in [0.2, 0.25) is 0 Å². The predicted molar refractivity (Wildman–Crippen MR) is 71.4 cm³/mol. The molecule has 0 saturated carbocycles. The number of nitrogens with one attached hydrogen (secondary N) is 1. The van der Waals surface area contributed by atoms with Crippen LogP contribution in [0.1, 0.15) is 33.6 Å². The molecule has 19 heavy (non-hydrogen) atoms. The van der Waals surface area contributed by atoms with Crippen LogP contribution in [0, 0.1) is 0 Å². The van der Waals surface area contributed by atoms with Crippen molar-refractivity contribution >= 4 is 11.9 Å². The summed E-state index contributed by atoms with van der Waals surface area (Å²) in [5.41, 5.74) is 0.687. The third-order valence-electron chi connectivity index (χ3n) is 3.35. The molecule has 5 heteroatoms. The Morgan fingerprint density at radius 1 is 1.26 bits per heavy atom. The Morgan fingerprint density at radius 2 is 1.89 bits per heavy atom. The number of benzene rings is 1. The quantitative estimate of drug-likeness (QED) is 0.859. The van der Waals surface area contributed by atoms with E-state index < -0.39 is 5.97 Å². The molecule has 0 bridgehead atoms. The number of nitrogens with zero attached hydrogens (tertiary/aromatic N) is 1. The number of carboxylic acids is 1. The Balaban J connectivity index is 1.97. The molecule has 1 atom stereocenters. The highest BCUT2D eigenvalue weighted by Crippen LogP contribution is 2.10. The fourth-order valence-electron chi connectivity index (χ4n) is 2.32. The van der Waals surface area contributed by atoms with Crippen molar-refractivity contribution in [2.24, 2.45) is 0 Å². The number of hydrogen-bond acceptors (Lipinski definition) is 3. The van der Waals surface area contributed by atoms with E-state index in [1.54, 1.807) is 12.1 Å². The van der Waals surface area contributed by atoms with Crippen molar-refractivity contribution in [1.82, 2.24) is 10.2 Å². The predicted octanol–water partition coefficient (Wildman–Crippen LogP) is 1.21. The number of likely N-dealkylation sites (tertiary alicyclic amines) is 1. The molecule has 0 aromatic heterocycles. The molecule has 1 unspecified atom stereocenters. The first-order valence-corrected chi connectivity index (χ1v) is 6.39. The Kier molecular flexibility index (Phi) is 4.16. The number of likely N-dealkylation sites (N-methyl/N-ethyl adjacent to an activating group) is 1. The van der Waals surface area contributed by atoms with Crippen molar-refractivity contribution in [3.63, 3.8) is 0 Å². The maximum atomic E-state index is 12.0. The van der Waals surface area contributed by atoms with Gasteiger partial charge in [0.15, 0.2) is 0 Å². The van der Waals surface area contributed by atoms with Gasteiger partial charge in [-0.2, -0.15) is 0 Å². The van der Waals surface area contributed by atoms with Crippen molar-refractivity contribution in [1.29, 1.82) is 0 Å². The molecule has 5 nitrogen and oxygen atoms in total. The van der Waals surface area contributed by atoms with Gasteiger partial charge < -0.3 is 15.3 Å². The molecule has 1 saturated heterocycles. The number of carboxylic acid groups (broad SMARTS) is 1. The van der Waals surface area contributed by atoms with Crippen LogP contribution in [0.3, 0.4) is 0 Å². The van der Waals surface area contributed by atoms with E-state index in [9.17, 15) is 9.59 Å². The highest BCUT2D eigenvalue weighted by atomic mass is 16.4. The summed E-state index contributed by atoms with van der Waals surface area (Å²) in [6.07, 6.45) is 2.07. The van der Waals surface area contributed by atoms with Gasteiger partial charge in [0, 0.05) is 18.2 Å². The summed E-state index contributed by atoms with van der Waals surface area (Å²) in [5, 5.41) is 11.8. The molecule has 0 spiro atoms. The molecule has 1 aliphatic heterocycles. The van der Waals surface area contributed by atoms with Crippen molar-refractivity contribution in [2.45, 2.75) is 18.9 Å². The lowest BCUT2D eigenvalue weighted by Gasteiger charge is -2.30. The lowest BCUT2D eigenvalue weighted by atomic mass is 10.1. The summed E-state index contributed by atoms with van der Waals surface area (Å²) in [4.78, 5) is 24.9. The minimum atomic E-state index is -0.985. The molecule has 1 aromatic carbocycles. The molecule has 1 heterocycles. The van der Waals surface area contributed by atoms with Gasteiger partial charge in [-0.25, -0.2) is 4.79 Å². The highest BCUT2D eigenvalue weighted by molar-refractivity contribution is 5.96. The molecular formula is C14H18N2O3. The van der Waals surface area contributed by atoms with Gasteiger partial charge in [-0.05, 0) is 50.7 Å². The van der Waals surface area contributed by atoms with Crippen molar-refractivity contribution in [3.05, 3.63) is 35.4 Å². The third kappa shape index (κ3) is 3.54. The molecule has 2 N–H and O–H groups in total.